The molecule has 0 radical (unpaired) electrons. The standard InChI is InChI=1S/C15H14N2O3S/c1-10-11-5-2-3-6-12(11)21-14(10)15(19)20-9-13(18)17-8-4-7-16/h2-3,5-6H,4,8-9H2,1H3,(H,17,18). The lowest BCUT2D eigenvalue weighted by Crippen LogP contribution is -2.29. The van der Waals surface area contributed by atoms with Crippen molar-refractivity contribution in [1.82, 2.24) is 5.32 Å². The lowest BCUT2D eigenvalue weighted by atomic mass is 10.1. The van der Waals surface area contributed by atoms with Crippen LogP contribution in [0.5, 0.6) is 0 Å². The van der Waals surface area contributed by atoms with E-state index in [1.54, 1.807) is 0 Å². The van der Waals surface area contributed by atoms with Gasteiger partial charge in [-0.1, -0.05) is 18.2 Å². The maximum absolute atomic E-state index is 12.0. The maximum Gasteiger partial charge on any atom is 0.349 e. The Balaban J connectivity index is 1.98. The molecule has 108 valence electrons. The van der Waals surface area contributed by atoms with Crippen molar-refractivity contribution in [3.8, 4) is 6.07 Å². The van der Waals surface area contributed by atoms with Gasteiger partial charge >= 0.3 is 5.97 Å². The van der Waals surface area contributed by atoms with Gasteiger partial charge in [0.1, 0.15) is 4.88 Å². The summed E-state index contributed by atoms with van der Waals surface area (Å²) in [6.07, 6.45) is 0.231. The van der Waals surface area contributed by atoms with Crippen LogP contribution in [0.4, 0.5) is 0 Å². The quantitative estimate of drug-likeness (QED) is 0.679. The molecule has 0 bridgehead atoms. The molecule has 2 rings (SSSR count). The lowest BCUT2D eigenvalue weighted by molar-refractivity contribution is -0.124. The summed E-state index contributed by atoms with van der Waals surface area (Å²) in [5.74, 6) is -0.901. The van der Waals surface area contributed by atoms with E-state index < -0.39 is 11.9 Å². The first-order chi connectivity index (χ1) is 10.1. The van der Waals surface area contributed by atoms with Crippen molar-refractivity contribution in [2.45, 2.75) is 13.3 Å². The molecule has 1 aromatic carbocycles. The number of fused-ring (bicyclic) bond motifs is 1. The smallest absolute Gasteiger partial charge is 0.349 e. The Morgan fingerprint density at radius 3 is 2.86 bits per heavy atom. The number of nitrogens with zero attached hydrogens (tertiary/aromatic N) is 1. The molecule has 0 aliphatic carbocycles. The second kappa shape index (κ2) is 6.86. The van der Waals surface area contributed by atoms with Crippen molar-refractivity contribution < 1.29 is 14.3 Å². The summed E-state index contributed by atoms with van der Waals surface area (Å²) >= 11 is 1.36. The van der Waals surface area contributed by atoms with E-state index in [0.29, 0.717) is 4.88 Å². The van der Waals surface area contributed by atoms with Crippen molar-refractivity contribution in [1.29, 1.82) is 5.26 Å². The van der Waals surface area contributed by atoms with Crippen LogP contribution in [0.2, 0.25) is 0 Å². The highest BCUT2D eigenvalue weighted by Gasteiger charge is 2.17. The zero-order valence-corrected chi connectivity index (χ0v) is 12.3. The van der Waals surface area contributed by atoms with Crippen molar-refractivity contribution in [3.63, 3.8) is 0 Å². The van der Waals surface area contributed by atoms with Gasteiger partial charge < -0.3 is 10.1 Å². The first-order valence-corrected chi connectivity index (χ1v) is 7.24. The third-order valence-corrected chi connectivity index (χ3v) is 4.18. The van der Waals surface area contributed by atoms with Crippen molar-refractivity contribution in [2.75, 3.05) is 13.2 Å². The Bertz CT molecular complexity index is 715. The molecule has 0 unspecified atom stereocenters. The van der Waals surface area contributed by atoms with Gasteiger partial charge in [-0.05, 0) is 23.9 Å². The summed E-state index contributed by atoms with van der Waals surface area (Å²) in [6.45, 7) is 1.79. The van der Waals surface area contributed by atoms with Crippen molar-refractivity contribution in [2.24, 2.45) is 0 Å². The van der Waals surface area contributed by atoms with Crippen LogP contribution in [-0.4, -0.2) is 25.0 Å². The Hall–Kier alpha value is -2.39. The highest BCUT2D eigenvalue weighted by Crippen LogP contribution is 2.30. The topological polar surface area (TPSA) is 79.2 Å². The Labute approximate surface area is 126 Å². The predicted octanol–water partition coefficient (Wildman–Crippen LogP) is 2.40. The molecule has 1 aromatic heterocycles. The summed E-state index contributed by atoms with van der Waals surface area (Å²) in [7, 11) is 0. The van der Waals surface area contributed by atoms with Gasteiger partial charge in [0.25, 0.3) is 5.91 Å². The van der Waals surface area contributed by atoms with Gasteiger partial charge in [0, 0.05) is 11.2 Å². The van der Waals surface area contributed by atoms with E-state index in [4.69, 9.17) is 10.00 Å². The molecule has 2 aromatic rings. The summed E-state index contributed by atoms with van der Waals surface area (Å²) < 4.78 is 6.02. The monoisotopic (exact) mass is 302 g/mol. The van der Waals surface area contributed by atoms with Crippen LogP contribution in [0.15, 0.2) is 24.3 Å². The molecule has 0 aliphatic rings. The van der Waals surface area contributed by atoms with E-state index in [1.807, 2.05) is 37.3 Å². The zero-order valence-electron chi connectivity index (χ0n) is 11.5. The molecule has 0 saturated heterocycles. The molecule has 1 amide bonds. The van der Waals surface area contributed by atoms with Gasteiger partial charge in [0.15, 0.2) is 6.61 Å². The zero-order chi connectivity index (χ0) is 15.2. The van der Waals surface area contributed by atoms with Crippen LogP contribution in [-0.2, 0) is 9.53 Å². The number of hydrogen-bond donors (Lipinski definition) is 1. The second-order valence-electron chi connectivity index (χ2n) is 4.39. The van der Waals surface area contributed by atoms with E-state index in [0.717, 1.165) is 15.6 Å². The Morgan fingerprint density at radius 1 is 1.38 bits per heavy atom. The fourth-order valence-electron chi connectivity index (χ4n) is 1.87. The molecular weight excluding hydrogens is 288 g/mol. The molecule has 1 heterocycles. The van der Waals surface area contributed by atoms with Crippen LogP contribution in [0.3, 0.4) is 0 Å². The molecule has 0 saturated carbocycles. The third kappa shape index (κ3) is 3.58. The summed E-state index contributed by atoms with van der Waals surface area (Å²) in [5, 5.41) is 11.9. The van der Waals surface area contributed by atoms with Gasteiger partial charge in [-0.25, -0.2) is 4.79 Å². The predicted molar refractivity (Wildman–Crippen MR) is 80.1 cm³/mol. The summed E-state index contributed by atoms with van der Waals surface area (Å²) in [4.78, 5) is 24.0. The van der Waals surface area contributed by atoms with E-state index in [-0.39, 0.29) is 19.6 Å². The third-order valence-electron chi connectivity index (χ3n) is 2.92. The SMILES string of the molecule is Cc1c(C(=O)OCC(=O)NCCC#N)sc2ccccc12. The number of carbonyl (C=O) groups excluding carboxylic acids is 2. The second-order valence-corrected chi connectivity index (χ2v) is 5.44. The minimum Gasteiger partial charge on any atom is -0.451 e. The van der Waals surface area contributed by atoms with Gasteiger partial charge in [0.2, 0.25) is 0 Å². The van der Waals surface area contributed by atoms with Gasteiger partial charge in [-0.15, -0.1) is 11.3 Å². The van der Waals surface area contributed by atoms with Crippen LogP contribution in [0.25, 0.3) is 10.1 Å². The number of benzene rings is 1. The molecule has 0 atom stereocenters. The van der Waals surface area contributed by atoms with Crippen molar-refractivity contribution in [3.05, 3.63) is 34.7 Å². The number of nitrogens with one attached hydrogen (secondary N) is 1. The van der Waals surface area contributed by atoms with Crippen LogP contribution >= 0.6 is 11.3 Å². The van der Waals surface area contributed by atoms with Crippen LogP contribution in [0.1, 0.15) is 21.7 Å². The van der Waals surface area contributed by atoms with E-state index in [1.165, 1.54) is 11.3 Å². The fraction of sp³-hybridized carbons (Fsp3) is 0.267. The maximum atomic E-state index is 12.0. The molecule has 0 spiro atoms. The minimum absolute atomic E-state index is 0.231. The fourth-order valence-corrected chi connectivity index (χ4v) is 2.98. The lowest BCUT2D eigenvalue weighted by Gasteiger charge is -2.04. The number of esters is 1. The minimum atomic E-state index is -0.496. The largest absolute Gasteiger partial charge is 0.451 e. The number of hydrogen-bond acceptors (Lipinski definition) is 5. The molecular formula is C15H14N2O3S. The number of aryl methyl sites for hydroxylation is 1. The van der Waals surface area contributed by atoms with E-state index in [2.05, 4.69) is 5.32 Å². The van der Waals surface area contributed by atoms with Gasteiger partial charge in [0.05, 0.1) is 12.5 Å². The Morgan fingerprint density at radius 2 is 2.14 bits per heavy atom. The van der Waals surface area contributed by atoms with E-state index >= 15 is 0 Å². The highest BCUT2D eigenvalue weighted by molar-refractivity contribution is 7.21. The van der Waals surface area contributed by atoms with Crippen LogP contribution in [0, 0.1) is 18.3 Å². The number of thiophene rings is 1. The average molecular weight is 302 g/mol. The number of amides is 1. The summed E-state index contributed by atoms with van der Waals surface area (Å²) in [6, 6.07) is 9.64. The van der Waals surface area contributed by atoms with Gasteiger partial charge in [-0.2, -0.15) is 5.26 Å². The summed E-state index contributed by atoms with van der Waals surface area (Å²) in [5.41, 5.74) is 0.866. The normalized spacial score (nSPS) is 10.1. The number of ether oxygens (including phenoxy) is 1. The molecule has 1 N–H and O–H groups in total. The number of carbonyl (C=O) groups is 2. The number of rotatable bonds is 5. The number of nitriles is 1. The molecule has 21 heavy (non-hydrogen) atoms. The van der Waals surface area contributed by atoms with Crippen molar-refractivity contribution >= 4 is 33.3 Å². The first-order valence-electron chi connectivity index (χ1n) is 6.42. The molecule has 6 heteroatoms. The average Bonchev–Trinajstić information content (AvgIpc) is 2.83. The van der Waals surface area contributed by atoms with E-state index in [9.17, 15) is 9.59 Å². The van der Waals surface area contributed by atoms with Gasteiger partial charge in [-0.3, -0.25) is 4.79 Å². The highest BCUT2D eigenvalue weighted by atomic mass is 32.1. The molecule has 0 aliphatic heterocycles. The first kappa shape index (κ1) is 15.0. The molecule has 0 fully saturated rings. The van der Waals surface area contributed by atoms with Crippen LogP contribution < -0.4 is 5.32 Å². The Kier molecular flexibility index (Phi) is 4.90. The molecule has 5 nitrogen and oxygen atoms in total.